The zero-order valence-electron chi connectivity index (χ0n) is 20.2. The molecule has 0 aliphatic carbocycles. The van der Waals surface area contributed by atoms with Gasteiger partial charge < -0.3 is 23.5 Å². The van der Waals surface area contributed by atoms with E-state index in [1.165, 1.54) is 6.07 Å². The standard InChI is InChI=1S/C27H31NO6/c1-5-6-7-26(29)28-11-10-18-13-24(31-3)25(32-4)15-21(18)22(28)16-33-19-8-9-20-17(2)12-27(30)34-23(20)14-19/h8-9,12-15,22H,5-7,10-11,16H2,1-4H3/t22-/m1/s1. The lowest BCUT2D eigenvalue weighted by Gasteiger charge is -2.37. The number of unbranched alkanes of at least 4 members (excludes halogenated alkanes) is 1. The first-order valence-corrected chi connectivity index (χ1v) is 11.7. The molecule has 7 heteroatoms. The molecule has 0 bridgehead atoms. The second kappa shape index (κ2) is 10.2. The molecule has 0 radical (unpaired) electrons. The predicted octanol–water partition coefficient (Wildman–Crippen LogP) is 4.81. The van der Waals surface area contributed by atoms with Crippen molar-refractivity contribution in [2.24, 2.45) is 0 Å². The molecule has 2 aromatic carbocycles. The summed E-state index contributed by atoms with van der Waals surface area (Å²) in [6, 6.07) is 10.6. The second-order valence-corrected chi connectivity index (χ2v) is 8.58. The molecule has 0 unspecified atom stereocenters. The summed E-state index contributed by atoms with van der Waals surface area (Å²) in [6.45, 7) is 4.84. The Morgan fingerprint density at radius 2 is 1.88 bits per heavy atom. The van der Waals surface area contributed by atoms with Crippen LogP contribution in [0.25, 0.3) is 11.0 Å². The van der Waals surface area contributed by atoms with Gasteiger partial charge in [0.05, 0.1) is 20.3 Å². The summed E-state index contributed by atoms with van der Waals surface area (Å²) in [6.07, 6.45) is 3.06. The summed E-state index contributed by atoms with van der Waals surface area (Å²) >= 11 is 0. The molecule has 1 aliphatic rings. The van der Waals surface area contributed by atoms with Crippen LogP contribution < -0.4 is 19.8 Å². The number of aryl methyl sites for hydroxylation is 1. The van der Waals surface area contributed by atoms with Crippen LogP contribution in [0.15, 0.2) is 45.6 Å². The lowest BCUT2D eigenvalue weighted by Crippen LogP contribution is -2.42. The highest BCUT2D eigenvalue weighted by Crippen LogP contribution is 2.39. The van der Waals surface area contributed by atoms with Gasteiger partial charge in [-0.05, 0) is 60.7 Å². The summed E-state index contributed by atoms with van der Waals surface area (Å²) in [4.78, 5) is 26.8. The first-order chi connectivity index (χ1) is 16.4. The average Bonchev–Trinajstić information content (AvgIpc) is 2.84. The van der Waals surface area contributed by atoms with Crippen LogP contribution in [0.2, 0.25) is 0 Å². The van der Waals surface area contributed by atoms with Gasteiger partial charge >= 0.3 is 5.63 Å². The molecular formula is C27H31NO6. The fourth-order valence-corrected chi connectivity index (χ4v) is 4.55. The first-order valence-electron chi connectivity index (χ1n) is 11.7. The lowest BCUT2D eigenvalue weighted by molar-refractivity contribution is -0.135. The van der Waals surface area contributed by atoms with Gasteiger partial charge in [0.1, 0.15) is 17.9 Å². The number of hydrogen-bond donors (Lipinski definition) is 0. The average molecular weight is 466 g/mol. The number of ether oxygens (including phenoxy) is 3. The summed E-state index contributed by atoms with van der Waals surface area (Å²) in [5.74, 6) is 1.99. The largest absolute Gasteiger partial charge is 0.493 e. The van der Waals surface area contributed by atoms with Gasteiger partial charge in [-0.25, -0.2) is 4.79 Å². The Bertz CT molecular complexity index is 1250. The molecule has 1 atom stereocenters. The van der Waals surface area contributed by atoms with Crippen molar-refractivity contribution in [2.45, 2.75) is 45.6 Å². The highest BCUT2D eigenvalue weighted by molar-refractivity contribution is 5.81. The van der Waals surface area contributed by atoms with Crippen molar-refractivity contribution in [1.29, 1.82) is 0 Å². The van der Waals surface area contributed by atoms with E-state index in [1.807, 2.05) is 36.1 Å². The van der Waals surface area contributed by atoms with Crippen molar-refractivity contribution >= 4 is 16.9 Å². The summed E-state index contributed by atoms with van der Waals surface area (Å²) in [5.41, 5.74) is 3.06. The number of rotatable bonds is 8. The normalized spacial score (nSPS) is 15.2. The molecule has 0 spiro atoms. The van der Waals surface area contributed by atoms with Gasteiger partial charge in [0.2, 0.25) is 5.91 Å². The van der Waals surface area contributed by atoms with Crippen LogP contribution in [-0.2, 0) is 11.2 Å². The summed E-state index contributed by atoms with van der Waals surface area (Å²) in [5, 5.41) is 0.864. The molecule has 0 saturated carbocycles. The van der Waals surface area contributed by atoms with E-state index in [2.05, 4.69) is 6.92 Å². The van der Waals surface area contributed by atoms with Gasteiger partial charge in [0.25, 0.3) is 0 Å². The molecule has 0 N–H and O–H groups in total. The fraction of sp³-hybridized carbons (Fsp3) is 0.407. The van der Waals surface area contributed by atoms with Crippen LogP contribution in [0.3, 0.4) is 0 Å². The number of carbonyl (C=O) groups is 1. The maximum Gasteiger partial charge on any atom is 0.336 e. The fourth-order valence-electron chi connectivity index (χ4n) is 4.55. The summed E-state index contributed by atoms with van der Waals surface area (Å²) < 4.78 is 22.6. The molecule has 7 nitrogen and oxygen atoms in total. The highest BCUT2D eigenvalue weighted by Gasteiger charge is 2.32. The zero-order chi connectivity index (χ0) is 24.2. The van der Waals surface area contributed by atoms with Gasteiger partial charge in [-0.15, -0.1) is 0 Å². The number of fused-ring (bicyclic) bond motifs is 2. The van der Waals surface area contributed by atoms with Crippen LogP contribution in [0.4, 0.5) is 0 Å². The van der Waals surface area contributed by atoms with E-state index >= 15 is 0 Å². The molecule has 2 heterocycles. The Morgan fingerprint density at radius 1 is 1.12 bits per heavy atom. The molecule has 3 aromatic rings. The number of benzene rings is 2. The number of hydrogen-bond acceptors (Lipinski definition) is 6. The van der Waals surface area contributed by atoms with E-state index in [0.717, 1.165) is 41.3 Å². The van der Waals surface area contributed by atoms with Crippen LogP contribution in [0.5, 0.6) is 17.2 Å². The van der Waals surface area contributed by atoms with E-state index in [9.17, 15) is 9.59 Å². The van der Waals surface area contributed by atoms with Gasteiger partial charge in [0, 0.05) is 30.5 Å². The third-order valence-electron chi connectivity index (χ3n) is 6.40. The van der Waals surface area contributed by atoms with E-state index in [0.29, 0.717) is 35.8 Å². The molecule has 1 amide bonds. The molecule has 0 fully saturated rings. The molecule has 1 aliphatic heterocycles. The third kappa shape index (κ3) is 4.74. The monoisotopic (exact) mass is 465 g/mol. The molecular weight excluding hydrogens is 434 g/mol. The lowest BCUT2D eigenvalue weighted by atomic mass is 9.91. The van der Waals surface area contributed by atoms with Crippen molar-refractivity contribution in [2.75, 3.05) is 27.4 Å². The van der Waals surface area contributed by atoms with E-state index < -0.39 is 5.63 Å². The van der Waals surface area contributed by atoms with E-state index in [4.69, 9.17) is 18.6 Å². The number of carbonyl (C=O) groups excluding carboxylic acids is 1. The summed E-state index contributed by atoms with van der Waals surface area (Å²) in [7, 11) is 3.22. The molecule has 0 saturated heterocycles. The van der Waals surface area contributed by atoms with E-state index in [-0.39, 0.29) is 18.6 Å². The first kappa shape index (κ1) is 23.7. The van der Waals surface area contributed by atoms with Crippen molar-refractivity contribution < 1.29 is 23.4 Å². The van der Waals surface area contributed by atoms with E-state index in [1.54, 1.807) is 20.3 Å². The highest BCUT2D eigenvalue weighted by atomic mass is 16.5. The Kier molecular flexibility index (Phi) is 7.10. The Labute approximate surface area is 199 Å². The van der Waals surface area contributed by atoms with Gasteiger partial charge in [-0.2, -0.15) is 0 Å². The molecule has 4 rings (SSSR count). The van der Waals surface area contributed by atoms with Gasteiger partial charge in [-0.3, -0.25) is 4.79 Å². The minimum absolute atomic E-state index is 0.121. The van der Waals surface area contributed by atoms with Crippen molar-refractivity contribution in [3.8, 4) is 17.2 Å². The van der Waals surface area contributed by atoms with Gasteiger partial charge in [0.15, 0.2) is 11.5 Å². The Balaban J connectivity index is 1.66. The maximum atomic E-state index is 13.1. The third-order valence-corrected chi connectivity index (χ3v) is 6.40. The minimum atomic E-state index is -0.392. The van der Waals surface area contributed by atoms with Crippen LogP contribution in [-0.4, -0.2) is 38.2 Å². The van der Waals surface area contributed by atoms with Gasteiger partial charge in [-0.1, -0.05) is 13.3 Å². The zero-order valence-corrected chi connectivity index (χ0v) is 20.2. The topological polar surface area (TPSA) is 78.2 Å². The maximum absolute atomic E-state index is 13.1. The predicted molar refractivity (Wildman–Crippen MR) is 130 cm³/mol. The number of amides is 1. The molecule has 180 valence electrons. The number of methoxy groups -OCH3 is 2. The Hall–Kier alpha value is -3.48. The second-order valence-electron chi connectivity index (χ2n) is 8.58. The molecule has 34 heavy (non-hydrogen) atoms. The quantitative estimate of drug-likeness (QED) is 0.444. The smallest absolute Gasteiger partial charge is 0.336 e. The SMILES string of the molecule is CCCCC(=O)N1CCc2cc(OC)c(OC)cc2[C@H]1COc1ccc2c(C)cc(=O)oc2c1. The van der Waals surface area contributed by atoms with Crippen LogP contribution >= 0.6 is 0 Å². The minimum Gasteiger partial charge on any atom is -0.493 e. The Morgan fingerprint density at radius 3 is 2.62 bits per heavy atom. The van der Waals surface area contributed by atoms with Crippen molar-refractivity contribution in [3.63, 3.8) is 0 Å². The van der Waals surface area contributed by atoms with Crippen molar-refractivity contribution in [1.82, 2.24) is 4.90 Å². The molecule has 1 aromatic heterocycles. The van der Waals surface area contributed by atoms with Crippen LogP contribution in [0.1, 0.15) is 48.9 Å². The number of nitrogens with zero attached hydrogens (tertiary/aromatic N) is 1. The van der Waals surface area contributed by atoms with Crippen LogP contribution in [0, 0.1) is 6.92 Å². The van der Waals surface area contributed by atoms with Crippen molar-refractivity contribution in [3.05, 3.63) is 63.5 Å².